The first kappa shape index (κ1) is 17.0. The maximum Gasteiger partial charge on any atom is 0.317 e. The topological polar surface area (TPSA) is 50.8 Å². The number of hydrogen-bond acceptors (Lipinski definition) is 3. The van der Waals surface area contributed by atoms with Crippen molar-refractivity contribution in [2.24, 2.45) is 0 Å². The van der Waals surface area contributed by atoms with E-state index in [4.69, 9.17) is 21.1 Å². The Bertz CT molecular complexity index is 516. The Morgan fingerprint density at radius 3 is 3.14 bits per heavy atom. The molecule has 1 N–H and O–H groups in total. The lowest BCUT2D eigenvalue weighted by molar-refractivity contribution is -0.0276. The summed E-state index contributed by atoms with van der Waals surface area (Å²) >= 11 is 5.94. The maximum absolute atomic E-state index is 13.0. The molecular weight excluding hydrogens is 311 g/mol. The highest BCUT2D eigenvalue weighted by molar-refractivity contribution is 6.31. The normalized spacial score (nSPS) is 18.3. The largest absolute Gasteiger partial charge is 0.385 e. The van der Waals surface area contributed by atoms with Gasteiger partial charge in [-0.15, -0.1) is 0 Å². The number of nitrogens with one attached hydrogen (secondary N) is 1. The van der Waals surface area contributed by atoms with Crippen molar-refractivity contribution < 1.29 is 18.7 Å². The van der Waals surface area contributed by atoms with E-state index in [0.29, 0.717) is 36.9 Å². The molecule has 1 heterocycles. The molecular formula is C15H20ClFN2O3. The van der Waals surface area contributed by atoms with Crippen molar-refractivity contribution in [2.45, 2.75) is 19.1 Å². The molecule has 0 radical (unpaired) electrons. The predicted molar refractivity (Wildman–Crippen MR) is 81.5 cm³/mol. The van der Waals surface area contributed by atoms with E-state index in [2.05, 4.69) is 5.32 Å². The van der Waals surface area contributed by atoms with Crippen LogP contribution in [0.2, 0.25) is 5.02 Å². The number of carbonyl (C=O) groups excluding carboxylic acids is 1. The SMILES string of the molecule is COCCC1CN(C(=O)NCc2ccc(F)cc2Cl)CCO1. The smallest absolute Gasteiger partial charge is 0.317 e. The van der Waals surface area contributed by atoms with E-state index in [-0.39, 0.29) is 18.7 Å². The minimum atomic E-state index is -0.394. The molecule has 0 spiro atoms. The number of hydrogen-bond donors (Lipinski definition) is 1. The minimum Gasteiger partial charge on any atom is -0.385 e. The summed E-state index contributed by atoms with van der Waals surface area (Å²) in [6.45, 7) is 2.46. The van der Waals surface area contributed by atoms with Gasteiger partial charge in [0, 0.05) is 38.4 Å². The molecule has 1 aromatic carbocycles. The van der Waals surface area contributed by atoms with Gasteiger partial charge in [0.2, 0.25) is 0 Å². The van der Waals surface area contributed by atoms with Gasteiger partial charge < -0.3 is 19.7 Å². The van der Waals surface area contributed by atoms with E-state index in [1.807, 2.05) is 0 Å². The molecule has 1 atom stereocenters. The first-order valence-electron chi connectivity index (χ1n) is 7.17. The zero-order valence-corrected chi connectivity index (χ0v) is 13.2. The van der Waals surface area contributed by atoms with Crippen LogP contribution >= 0.6 is 11.6 Å². The van der Waals surface area contributed by atoms with Crippen molar-refractivity contribution >= 4 is 17.6 Å². The third-order valence-corrected chi connectivity index (χ3v) is 3.87. The Hall–Kier alpha value is -1.37. The summed E-state index contributed by atoms with van der Waals surface area (Å²) in [7, 11) is 1.64. The Kier molecular flexibility index (Phi) is 6.42. The highest BCUT2D eigenvalue weighted by atomic mass is 35.5. The third-order valence-electron chi connectivity index (χ3n) is 3.52. The maximum atomic E-state index is 13.0. The van der Waals surface area contributed by atoms with Crippen LogP contribution in [0.25, 0.3) is 0 Å². The second kappa shape index (κ2) is 8.31. The molecule has 1 saturated heterocycles. The summed E-state index contributed by atoms with van der Waals surface area (Å²) in [4.78, 5) is 13.9. The number of rotatable bonds is 5. The van der Waals surface area contributed by atoms with Crippen LogP contribution in [-0.2, 0) is 16.0 Å². The van der Waals surface area contributed by atoms with Gasteiger partial charge in [-0.1, -0.05) is 17.7 Å². The van der Waals surface area contributed by atoms with Crippen LogP contribution in [-0.4, -0.2) is 50.4 Å². The first-order chi connectivity index (χ1) is 10.6. The molecule has 1 aliphatic rings. The molecule has 1 aliphatic heterocycles. The highest BCUT2D eigenvalue weighted by Gasteiger charge is 2.23. The number of nitrogens with zero attached hydrogens (tertiary/aromatic N) is 1. The summed E-state index contributed by atoms with van der Waals surface area (Å²) in [6.07, 6.45) is 0.748. The number of methoxy groups -OCH3 is 1. The zero-order valence-electron chi connectivity index (χ0n) is 12.5. The molecule has 0 aliphatic carbocycles. The van der Waals surface area contributed by atoms with Crippen LogP contribution < -0.4 is 5.32 Å². The van der Waals surface area contributed by atoms with Gasteiger partial charge in [0.05, 0.1) is 12.7 Å². The van der Waals surface area contributed by atoms with E-state index in [1.165, 1.54) is 12.1 Å². The van der Waals surface area contributed by atoms with Gasteiger partial charge in [0.25, 0.3) is 0 Å². The summed E-state index contributed by atoms with van der Waals surface area (Å²) in [5.74, 6) is -0.394. The van der Waals surface area contributed by atoms with Crippen molar-refractivity contribution in [2.75, 3.05) is 33.4 Å². The van der Waals surface area contributed by atoms with Crippen molar-refractivity contribution in [3.63, 3.8) is 0 Å². The average molecular weight is 331 g/mol. The molecule has 1 fully saturated rings. The Morgan fingerprint density at radius 2 is 2.41 bits per heavy atom. The minimum absolute atomic E-state index is 0.00569. The summed E-state index contributed by atoms with van der Waals surface area (Å²) in [5, 5.41) is 3.10. The third kappa shape index (κ3) is 4.83. The molecule has 0 saturated carbocycles. The lowest BCUT2D eigenvalue weighted by Gasteiger charge is -2.33. The molecule has 22 heavy (non-hydrogen) atoms. The van der Waals surface area contributed by atoms with E-state index < -0.39 is 5.82 Å². The number of benzene rings is 1. The fourth-order valence-electron chi connectivity index (χ4n) is 2.28. The van der Waals surface area contributed by atoms with Crippen molar-refractivity contribution in [3.8, 4) is 0 Å². The summed E-state index contributed by atoms with van der Waals surface area (Å²) in [5.41, 5.74) is 0.681. The van der Waals surface area contributed by atoms with Crippen LogP contribution in [0.15, 0.2) is 18.2 Å². The van der Waals surface area contributed by atoms with Gasteiger partial charge in [-0.25, -0.2) is 9.18 Å². The van der Waals surface area contributed by atoms with Gasteiger partial charge in [-0.2, -0.15) is 0 Å². The van der Waals surface area contributed by atoms with E-state index in [0.717, 1.165) is 6.42 Å². The Balaban J connectivity index is 1.83. The molecule has 5 nitrogen and oxygen atoms in total. The van der Waals surface area contributed by atoms with Crippen LogP contribution in [0, 0.1) is 5.82 Å². The molecule has 0 aromatic heterocycles. The van der Waals surface area contributed by atoms with E-state index in [1.54, 1.807) is 18.1 Å². The molecule has 1 aromatic rings. The van der Waals surface area contributed by atoms with E-state index >= 15 is 0 Å². The number of urea groups is 1. The standard InChI is InChI=1S/C15H20ClFN2O3/c1-21-6-4-13-10-19(5-7-22-13)15(20)18-9-11-2-3-12(17)8-14(11)16/h2-3,8,13H,4-7,9-10H2,1H3,(H,18,20). The van der Waals surface area contributed by atoms with Gasteiger partial charge in [0.1, 0.15) is 5.82 Å². The lowest BCUT2D eigenvalue weighted by Crippen LogP contribution is -2.49. The average Bonchev–Trinajstić information content (AvgIpc) is 2.52. The fraction of sp³-hybridized carbons (Fsp3) is 0.533. The molecule has 7 heteroatoms. The number of amides is 2. The van der Waals surface area contributed by atoms with Crippen LogP contribution in [0.4, 0.5) is 9.18 Å². The number of ether oxygens (including phenoxy) is 2. The highest BCUT2D eigenvalue weighted by Crippen LogP contribution is 2.17. The van der Waals surface area contributed by atoms with Gasteiger partial charge in [0.15, 0.2) is 0 Å². The van der Waals surface area contributed by atoms with Crippen LogP contribution in [0.3, 0.4) is 0 Å². The van der Waals surface area contributed by atoms with Crippen molar-refractivity contribution in [3.05, 3.63) is 34.6 Å². The van der Waals surface area contributed by atoms with Crippen LogP contribution in [0.1, 0.15) is 12.0 Å². The summed E-state index contributed by atoms with van der Waals surface area (Å²) in [6, 6.07) is 3.95. The molecule has 2 rings (SSSR count). The number of morpholine rings is 1. The second-order valence-corrected chi connectivity index (χ2v) is 5.52. The predicted octanol–water partition coefficient (Wildman–Crippen LogP) is 2.43. The molecule has 0 bridgehead atoms. The van der Waals surface area contributed by atoms with Gasteiger partial charge in [-0.3, -0.25) is 0 Å². The lowest BCUT2D eigenvalue weighted by atomic mass is 10.2. The fourth-order valence-corrected chi connectivity index (χ4v) is 2.51. The van der Waals surface area contributed by atoms with Gasteiger partial charge >= 0.3 is 6.03 Å². The first-order valence-corrected chi connectivity index (χ1v) is 7.55. The number of carbonyl (C=O) groups is 1. The molecule has 122 valence electrons. The van der Waals surface area contributed by atoms with Crippen LogP contribution in [0.5, 0.6) is 0 Å². The Morgan fingerprint density at radius 1 is 1.59 bits per heavy atom. The van der Waals surface area contributed by atoms with Crippen molar-refractivity contribution in [1.82, 2.24) is 10.2 Å². The van der Waals surface area contributed by atoms with E-state index in [9.17, 15) is 9.18 Å². The molecule has 1 unspecified atom stereocenters. The molecule has 2 amide bonds. The van der Waals surface area contributed by atoms with Crippen molar-refractivity contribution in [1.29, 1.82) is 0 Å². The van der Waals surface area contributed by atoms with Gasteiger partial charge in [-0.05, 0) is 24.1 Å². The summed E-state index contributed by atoms with van der Waals surface area (Å²) < 4.78 is 23.6. The second-order valence-electron chi connectivity index (χ2n) is 5.11. The Labute approximate surface area is 134 Å². The number of halogens is 2. The quantitative estimate of drug-likeness (QED) is 0.902. The monoisotopic (exact) mass is 330 g/mol. The zero-order chi connectivity index (χ0) is 15.9.